The third kappa shape index (κ3) is 3.73. The van der Waals surface area contributed by atoms with Crippen LogP contribution in [0.5, 0.6) is 5.75 Å². The van der Waals surface area contributed by atoms with Crippen molar-refractivity contribution >= 4 is 29.0 Å². The van der Waals surface area contributed by atoms with Gasteiger partial charge in [-0.1, -0.05) is 11.6 Å². The van der Waals surface area contributed by atoms with Gasteiger partial charge in [0.15, 0.2) is 6.61 Å². The lowest BCUT2D eigenvalue weighted by Crippen LogP contribution is -2.21. The minimum absolute atomic E-state index is 0.0679. The molecule has 2 aromatic rings. The van der Waals surface area contributed by atoms with Crippen LogP contribution in [-0.2, 0) is 11.8 Å². The van der Waals surface area contributed by atoms with Gasteiger partial charge < -0.3 is 10.1 Å². The number of aromatic nitrogens is 2. The molecule has 0 aliphatic rings. The largest absolute Gasteiger partial charge is 0.482 e. The molecule has 22 heavy (non-hydrogen) atoms. The first-order valence-electron chi connectivity index (χ1n) is 6.24. The normalized spacial score (nSPS) is 10.3. The van der Waals surface area contributed by atoms with Crippen LogP contribution in [0.4, 0.5) is 11.5 Å². The minimum Gasteiger partial charge on any atom is -0.482 e. The van der Waals surface area contributed by atoms with Crippen LogP contribution in [0.1, 0.15) is 5.69 Å². The Morgan fingerprint density at radius 1 is 1.50 bits per heavy atom. The van der Waals surface area contributed by atoms with Crippen molar-refractivity contribution in [1.29, 1.82) is 0 Å². The molecule has 0 saturated carbocycles. The molecule has 0 aliphatic carbocycles. The maximum absolute atomic E-state index is 11.8. The summed E-state index contributed by atoms with van der Waals surface area (Å²) >= 11 is 5.87. The highest BCUT2D eigenvalue weighted by Crippen LogP contribution is 2.28. The summed E-state index contributed by atoms with van der Waals surface area (Å²) < 4.78 is 6.79. The first-order chi connectivity index (χ1) is 10.4. The Labute approximate surface area is 130 Å². The topological polar surface area (TPSA) is 99.3 Å². The minimum atomic E-state index is -0.562. The van der Waals surface area contributed by atoms with Crippen LogP contribution in [0.15, 0.2) is 24.3 Å². The molecule has 0 unspecified atom stereocenters. The number of non-ortho nitro benzene ring substituents is 1. The lowest BCUT2D eigenvalue weighted by Gasteiger charge is -2.08. The standard InChI is InChI=1S/C13H13ClN4O4/c1-8-5-12(17(2)16-8)15-13(19)7-22-11-4-3-9(18(20)21)6-10(11)14/h3-6H,7H2,1-2H3,(H,15,19). The summed E-state index contributed by atoms with van der Waals surface area (Å²) in [4.78, 5) is 21.8. The molecule has 0 spiro atoms. The summed E-state index contributed by atoms with van der Waals surface area (Å²) in [6, 6.07) is 5.49. The maximum atomic E-state index is 11.8. The van der Waals surface area contributed by atoms with E-state index in [0.717, 1.165) is 5.69 Å². The third-order valence-electron chi connectivity index (χ3n) is 2.75. The number of anilines is 1. The Balaban J connectivity index is 1.96. The maximum Gasteiger partial charge on any atom is 0.271 e. The van der Waals surface area contributed by atoms with Gasteiger partial charge in [-0.05, 0) is 13.0 Å². The molecule has 1 N–H and O–H groups in total. The number of halogens is 1. The smallest absolute Gasteiger partial charge is 0.271 e. The molecule has 0 atom stereocenters. The number of benzene rings is 1. The van der Waals surface area contributed by atoms with Gasteiger partial charge in [0, 0.05) is 25.2 Å². The number of hydrogen-bond acceptors (Lipinski definition) is 5. The van der Waals surface area contributed by atoms with E-state index in [1.807, 2.05) is 6.92 Å². The second-order valence-electron chi connectivity index (χ2n) is 4.50. The van der Waals surface area contributed by atoms with Crippen LogP contribution < -0.4 is 10.1 Å². The van der Waals surface area contributed by atoms with E-state index in [1.165, 1.54) is 22.9 Å². The van der Waals surface area contributed by atoms with Gasteiger partial charge in [-0.15, -0.1) is 0 Å². The summed E-state index contributed by atoms with van der Waals surface area (Å²) in [5.41, 5.74) is 0.629. The number of amides is 1. The van der Waals surface area contributed by atoms with Gasteiger partial charge in [0.1, 0.15) is 11.6 Å². The predicted octanol–water partition coefficient (Wildman–Crippen LogP) is 2.31. The molecule has 8 nitrogen and oxygen atoms in total. The summed E-state index contributed by atoms with van der Waals surface area (Å²) in [6.07, 6.45) is 0. The highest BCUT2D eigenvalue weighted by Gasteiger charge is 2.12. The van der Waals surface area contributed by atoms with Gasteiger partial charge in [0.05, 0.1) is 15.6 Å². The number of aryl methyl sites for hydroxylation is 2. The van der Waals surface area contributed by atoms with E-state index in [-0.39, 0.29) is 23.1 Å². The van der Waals surface area contributed by atoms with Gasteiger partial charge >= 0.3 is 0 Å². The molecule has 0 aliphatic heterocycles. The van der Waals surface area contributed by atoms with E-state index in [0.29, 0.717) is 5.82 Å². The molecule has 9 heteroatoms. The van der Waals surface area contributed by atoms with E-state index in [1.54, 1.807) is 13.1 Å². The number of carbonyl (C=O) groups is 1. The summed E-state index contributed by atoms with van der Waals surface area (Å²) in [5, 5.41) is 17.4. The lowest BCUT2D eigenvalue weighted by molar-refractivity contribution is -0.384. The van der Waals surface area contributed by atoms with Crippen molar-refractivity contribution in [3.05, 3.63) is 45.1 Å². The highest BCUT2D eigenvalue weighted by molar-refractivity contribution is 6.32. The SMILES string of the molecule is Cc1cc(NC(=O)COc2ccc([N+](=O)[O-])cc2Cl)n(C)n1. The van der Waals surface area contributed by atoms with Crippen LogP contribution in [0.2, 0.25) is 5.02 Å². The first kappa shape index (κ1) is 15.8. The molecule has 1 heterocycles. The number of hydrogen-bond donors (Lipinski definition) is 1. The summed E-state index contributed by atoms with van der Waals surface area (Å²) in [6.45, 7) is 1.53. The van der Waals surface area contributed by atoms with Crippen molar-refractivity contribution in [2.24, 2.45) is 7.05 Å². The second-order valence-corrected chi connectivity index (χ2v) is 4.91. The van der Waals surface area contributed by atoms with Crippen LogP contribution in [0.3, 0.4) is 0 Å². The number of nitro groups is 1. The fourth-order valence-corrected chi connectivity index (χ4v) is 2.00. The summed E-state index contributed by atoms with van der Waals surface area (Å²) in [5.74, 6) is 0.349. The fraction of sp³-hybridized carbons (Fsp3) is 0.231. The summed E-state index contributed by atoms with van der Waals surface area (Å²) in [7, 11) is 1.71. The van der Waals surface area contributed by atoms with Crippen molar-refractivity contribution in [3.8, 4) is 5.75 Å². The van der Waals surface area contributed by atoms with E-state index in [9.17, 15) is 14.9 Å². The van der Waals surface area contributed by atoms with E-state index in [2.05, 4.69) is 10.4 Å². The molecule has 0 fully saturated rings. The third-order valence-corrected chi connectivity index (χ3v) is 3.05. The molecular formula is C13H13ClN4O4. The molecule has 0 radical (unpaired) electrons. The quantitative estimate of drug-likeness (QED) is 0.672. The predicted molar refractivity (Wildman–Crippen MR) is 80.2 cm³/mol. The monoisotopic (exact) mass is 324 g/mol. The van der Waals surface area contributed by atoms with Crippen LogP contribution in [0, 0.1) is 17.0 Å². The van der Waals surface area contributed by atoms with Crippen LogP contribution >= 0.6 is 11.6 Å². The average molecular weight is 325 g/mol. The zero-order valence-corrected chi connectivity index (χ0v) is 12.6. The highest BCUT2D eigenvalue weighted by atomic mass is 35.5. The molecule has 0 bridgehead atoms. The van der Waals surface area contributed by atoms with E-state index < -0.39 is 10.8 Å². The van der Waals surface area contributed by atoms with Gasteiger partial charge in [0.2, 0.25) is 0 Å². The number of nitrogens with zero attached hydrogens (tertiary/aromatic N) is 3. The number of rotatable bonds is 5. The van der Waals surface area contributed by atoms with Crippen molar-refractivity contribution in [3.63, 3.8) is 0 Å². The number of ether oxygens (including phenoxy) is 1. The fourth-order valence-electron chi connectivity index (χ4n) is 1.77. The van der Waals surface area contributed by atoms with Gasteiger partial charge in [-0.25, -0.2) is 0 Å². The van der Waals surface area contributed by atoms with Crippen molar-refractivity contribution in [2.75, 3.05) is 11.9 Å². The molecule has 2 rings (SSSR count). The molecule has 1 aromatic carbocycles. The van der Waals surface area contributed by atoms with Gasteiger partial charge in [-0.2, -0.15) is 5.10 Å². The van der Waals surface area contributed by atoms with Gasteiger partial charge in [-0.3, -0.25) is 19.6 Å². The number of nitrogens with one attached hydrogen (secondary N) is 1. The molecule has 1 aromatic heterocycles. The Bertz CT molecular complexity index is 729. The zero-order chi connectivity index (χ0) is 16.3. The van der Waals surface area contributed by atoms with E-state index in [4.69, 9.17) is 16.3 Å². The second kappa shape index (κ2) is 6.44. The van der Waals surface area contributed by atoms with Crippen molar-refractivity contribution in [2.45, 2.75) is 6.92 Å². The zero-order valence-electron chi connectivity index (χ0n) is 11.9. The Morgan fingerprint density at radius 2 is 2.23 bits per heavy atom. The molecule has 1 amide bonds. The number of nitro benzene ring substituents is 1. The number of carbonyl (C=O) groups excluding carboxylic acids is 1. The Hall–Kier alpha value is -2.61. The molecule has 0 saturated heterocycles. The van der Waals surface area contributed by atoms with Crippen molar-refractivity contribution in [1.82, 2.24) is 9.78 Å². The van der Waals surface area contributed by atoms with Crippen LogP contribution in [0.25, 0.3) is 0 Å². The molecule has 116 valence electrons. The molecular weight excluding hydrogens is 312 g/mol. The van der Waals surface area contributed by atoms with Crippen LogP contribution in [-0.4, -0.2) is 27.2 Å². The van der Waals surface area contributed by atoms with E-state index >= 15 is 0 Å². The lowest BCUT2D eigenvalue weighted by atomic mass is 10.3. The Morgan fingerprint density at radius 3 is 2.77 bits per heavy atom. The average Bonchev–Trinajstić information content (AvgIpc) is 2.75. The Kier molecular flexibility index (Phi) is 4.62. The van der Waals surface area contributed by atoms with Gasteiger partial charge in [0.25, 0.3) is 11.6 Å². The van der Waals surface area contributed by atoms with Crippen molar-refractivity contribution < 1.29 is 14.5 Å². The first-order valence-corrected chi connectivity index (χ1v) is 6.62.